The summed E-state index contributed by atoms with van der Waals surface area (Å²) in [6, 6.07) is 8.90. The number of H-pyrrole nitrogens is 1. The molecule has 2 heterocycles. The smallest absolute Gasteiger partial charge is 0.265 e. The SMILES string of the molecule is COc1cccc(CNC(=O)c2c(O)c3sccc3[nH]c2=O)c1. The largest absolute Gasteiger partial charge is 0.505 e. The van der Waals surface area contributed by atoms with Crippen molar-refractivity contribution in [1.82, 2.24) is 10.3 Å². The van der Waals surface area contributed by atoms with Crippen LogP contribution in [0.4, 0.5) is 0 Å². The van der Waals surface area contributed by atoms with Gasteiger partial charge in [0.25, 0.3) is 11.5 Å². The Morgan fingerprint density at radius 3 is 3.00 bits per heavy atom. The number of aromatic hydroxyl groups is 1. The molecule has 0 spiro atoms. The van der Waals surface area contributed by atoms with Crippen molar-refractivity contribution < 1.29 is 14.6 Å². The van der Waals surface area contributed by atoms with Gasteiger partial charge in [0.05, 0.1) is 17.3 Å². The number of thiophene rings is 1. The van der Waals surface area contributed by atoms with Crippen molar-refractivity contribution in [2.45, 2.75) is 6.54 Å². The molecule has 23 heavy (non-hydrogen) atoms. The molecule has 3 N–H and O–H groups in total. The van der Waals surface area contributed by atoms with E-state index in [1.807, 2.05) is 12.1 Å². The Balaban J connectivity index is 1.84. The van der Waals surface area contributed by atoms with Gasteiger partial charge in [-0.2, -0.15) is 0 Å². The Bertz CT molecular complexity index is 929. The van der Waals surface area contributed by atoms with Crippen molar-refractivity contribution in [3.63, 3.8) is 0 Å². The van der Waals surface area contributed by atoms with E-state index in [9.17, 15) is 14.7 Å². The lowest BCUT2D eigenvalue weighted by molar-refractivity contribution is 0.0947. The topological polar surface area (TPSA) is 91.4 Å². The standard InChI is InChI=1S/C16H14N2O4S/c1-22-10-4-2-3-9(7-10)8-17-15(20)12-13(19)14-11(5-6-23-14)18-16(12)21/h2-7H,8H2,1H3,(H,17,20)(H2,18,19,21). The maximum atomic E-state index is 12.3. The third-order valence-corrected chi connectivity index (χ3v) is 4.33. The summed E-state index contributed by atoms with van der Waals surface area (Å²) in [6.07, 6.45) is 0. The maximum absolute atomic E-state index is 12.3. The minimum absolute atomic E-state index is 0.220. The van der Waals surface area contributed by atoms with E-state index in [1.165, 1.54) is 11.3 Å². The average molecular weight is 330 g/mol. The van der Waals surface area contributed by atoms with E-state index in [-0.39, 0.29) is 17.9 Å². The number of fused-ring (bicyclic) bond motifs is 1. The minimum Gasteiger partial charge on any atom is -0.505 e. The van der Waals surface area contributed by atoms with Crippen LogP contribution in [0.5, 0.6) is 11.5 Å². The molecule has 0 saturated carbocycles. The van der Waals surface area contributed by atoms with Crippen LogP contribution in [-0.4, -0.2) is 23.1 Å². The molecule has 0 aliphatic heterocycles. The maximum Gasteiger partial charge on any atom is 0.265 e. The van der Waals surface area contributed by atoms with Gasteiger partial charge in [-0.05, 0) is 29.1 Å². The summed E-state index contributed by atoms with van der Waals surface area (Å²) in [4.78, 5) is 26.9. The molecule has 0 fully saturated rings. The van der Waals surface area contributed by atoms with Gasteiger partial charge in [-0.25, -0.2) is 0 Å². The Kier molecular flexibility index (Phi) is 4.03. The van der Waals surface area contributed by atoms with E-state index in [0.717, 1.165) is 5.56 Å². The molecular formula is C16H14N2O4S. The van der Waals surface area contributed by atoms with E-state index in [4.69, 9.17) is 4.74 Å². The summed E-state index contributed by atoms with van der Waals surface area (Å²) >= 11 is 1.26. The van der Waals surface area contributed by atoms with Gasteiger partial charge in [0.15, 0.2) is 5.75 Å². The van der Waals surface area contributed by atoms with E-state index < -0.39 is 11.5 Å². The van der Waals surface area contributed by atoms with Crippen LogP contribution >= 0.6 is 11.3 Å². The number of pyridine rings is 1. The zero-order valence-corrected chi connectivity index (χ0v) is 13.1. The van der Waals surface area contributed by atoms with E-state index in [1.54, 1.807) is 30.7 Å². The number of hydrogen-bond donors (Lipinski definition) is 3. The molecule has 0 atom stereocenters. The van der Waals surface area contributed by atoms with E-state index >= 15 is 0 Å². The van der Waals surface area contributed by atoms with Gasteiger partial charge >= 0.3 is 0 Å². The van der Waals surface area contributed by atoms with Crippen LogP contribution in [0.15, 0.2) is 40.5 Å². The zero-order chi connectivity index (χ0) is 16.4. The van der Waals surface area contributed by atoms with Gasteiger partial charge in [0.1, 0.15) is 11.3 Å². The minimum atomic E-state index is -0.623. The second-order valence-electron chi connectivity index (χ2n) is 4.88. The zero-order valence-electron chi connectivity index (χ0n) is 12.3. The number of aromatic amines is 1. The first-order chi connectivity index (χ1) is 11.1. The number of aromatic nitrogens is 1. The van der Waals surface area contributed by atoms with Crippen LogP contribution in [0.2, 0.25) is 0 Å². The summed E-state index contributed by atoms with van der Waals surface area (Å²) in [5.41, 5.74) is 0.451. The second-order valence-corrected chi connectivity index (χ2v) is 5.79. The summed E-state index contributed by atoms with van der Waals surface area (Å²) in [5.74, 6) is -0.235. The number of methoxy groups -OCH3 is 1. The van der Waals surface area contributed by atoms with Crippen LogP contribution in [0.1, 0.15) is 15.9 Å². The molecule has 3 aromatic rings. The van der Waals surface area contributed by atoms with Gasteiger partial charge in [0, 0.05) is 6.54 Å². The number of ether oxygens (including phenoxy) is 1. The van der Waals surface area contributed by atoms with Crippen LogP contribution < -0.4 is 15.6 Å². The molecule has 7 heteroatoms. The van der Waals surface area contributed by atoms with Gasteiger partial charge < -0.3 is 20.1 Å². The molecule has 118 valence electrons. The van der Waals surface area contributed by atoms with Gasteiger partial charge in [-0.1, -0.05) is 12.1 Å². The third-order valence-electron chi connectivity index (χ3n) is 3.41. The fraction of sp³-hybridized carbons (Fsp3) is 0.125. The molecule has 0 saturated heterocycles. The van der Waals surface area contributed by atoms with Crippen molar-refractivity contribution in [2.75, 3.05) is 7.11 Å². The fourth-order valence-corrected chi connectivity index (χ4v) is 3.06. The Labute approximate surface area is 135 Å². The van der Waals surface area contributed by atoms with Crippen molar-refractivity contribution in [2.24, 2.45) is 0 Å². The first-order valence-electron chi connectivity index (χ1n) is 6.83. The Morgan fingerprint density at radius 2 is 2.22 bits per heavy atom. The Hall–Kier alpha value is -2.80. The molecule has 0 aliphatic carbocycles. The van der Waals surface area contributed by atoms with Crippen LogP contribution in [0, 0.1) is 0 Å². The molecular weight excluding hydrogens is 316 g/mol. The quantitative estimate of drug-likeness (QED) is 0.684. The molecule has 3 rings (SSSR count). The summed E-state index contributed by atoms with van der Waals surface area (Å²) in [7, 11) is 1.56. The number of carbonyl (C=O) groups is 1. The predicted molar refractivity (Wildman–Crippen MR) is 88.3 cm³/mol. The first-order valence-corrected chi connectivity index (χ1v) is 7.71. The predicted octanol–water partition coefficient (Wildman–Crippen LogP) is 2.23. The van der Waals surface area contributed by atoms with Crippen molar-refractivity contribution in [1.29, 1.82) is 0 Å². The van der Waals surface area contributed by atoms with Gasteiger partial charge in [0.2, 0.25) is 0 Å². The lowest BCUT2D eigenvalue weighted by Crippen LogP contribution is -2.29. The second kappa shape index (κ2) is 6.13. The highest BCUT2D eigenvalue weighted by atomic mass is 32.1. The molecule has 2 aromatic heterocycles. The number of hydrogen-bond acceptors (Lipinski definition) is 5. The lowest BCUT2D eigenvalue weighted by atomic mass is 10.2. The average Bonchev–Trinajstić information content (AvgIpc) is 3.01. The molecule has 0 radical (unpaired) electrons. The van der Waals surface area contributed by atoms with Crippen molar-refractivity contribution in [3.05, 3.63) is 57.2 Å². The highest BCUT2D eigenvalue weighted by molar-refractivity contribution is 7.17. The van der Waals surface area contributed by atoms with Crippen molar-refractivity contribution >= 4 is 27.5 Å². The highest BCUT2D eigenvalue weighted by Gasteiger charge is 2.19. The number of carbonyl (C=O) groups excluding carboxylic acids is 1. The van der Waals surface area contributed by atoms with Crippen LogP contribution in [-0.2, 0) is 6.54 Å². The van der Waals surface area contributed by atoms with Gasteiger partial charge in [-0.3, -0.25) is 9.59 Å². The van der Waals surface area contributed by atoms with Crippen molar-refractivity contribution in [3.8, 4) is 11.5 Å². The fourth-order valence-electron chi connectivity index (χ4n) is 2.26. The number of rotatable bonds is 4. The number of amides is 1. The highest BCUT2D eigenvalue weighted by Crippen LogP contribution is 2.29. The molecule has 1 aromatic carbocycles. The van der Waals surface area contributed by atoms with E-state index in [0.29, 0.717) is 16.0 Å². The van der Waals surface area contributed by atoms with E-state index in [2.05, 4.69) is 10.3 Å². The molecule has 1 amide bonds. The lowest BCUT2D eigenvalue weighted by Gasteiger charge is -2.08. The molecule has 0 bridgehead atoms. The van der Waals surface area contributed by atoms with Crippen LogP contribution in [0.25, 0.3) is 10.2 Å². The van der Waals surface area contributed by atoms with Crippen LogP contribution in [0.3, 0.4) is 0 Å². The summed E-state index contributed by atoms with van der Waals surface area (Å²) < 4.78 is 5.60. The summed E-state index contributed by atoms with van der Waals surface area (Å²) in [6.45, 7) is 0.220. The first kappa shape index (κ1) is 15.1. The monoisotopic (exact) mass is 330 g/mol. The summed E-state index contributed by atoms with van der Waals surface area (Å²) in [5, 5.41) is 14.5. The number of benzene rings is 1. The Morgan fingerprint density at radius 1 is 1.39 bits per heavy atom. The molecule has 0 aliphatic rings. The third kappa shape index (κ3) is 2.91. The molecule has 6 nitrogen and oxygen atoms in total. The normalized spacial score (nSPS) is 10.7. The molecule has 0 unspecified atom stereocenters. The number of nitrogens with one attached hydrogen (secondary N) is 2. The van der Waals surface area contributed by atoms with Gasteiger partial charge in [-0.15, -0.1) is 11.3 Å².